The maximum atomic E-state index is 12.5. The van der Waals surface area contributed by atoms with Crippen LogP contribution in [0.4, 0.5) is 24.5 Å². The van der Waals surface area contributed by atoms with Crippen LogP contribution in [0.15, 0.2) is 12.1 Å². The van der Waals surface area contributed by atoms with E-state index in [1.54, 1.807) is 0 Å². The molecule has 0 aliphatic heterocycles. The molecule has 0 radical (unpaired) electrons. The molecule has 8 heteroatoms. The van der Waals surface area contributed by atoms with Gasteiger partial charge in [0.15, 0.2) is 0 Å². The molecule has 0 heterocycles. The standard InChI is InChI=1S/C9H9F3N2O3/c10-9(11,12)6-2-1-5(3-4-15)8(7(6)13)14(16)17/h1-2,15H,3-4,13H2. The first kappa shape index (κ1) is 13.2. The highest BCUT2D eigenvalue weighted by Gasteiger charge is 2.36. The number of nitrogens with zero attached hydrogens (tertiary/aromatic N) is 1. The Morgan fingerprint density at radius 3 is 2.41 bits per heavy atom. The van der Waals surface area contributed by atoms with Gasteiger partial charge in [0.05, 0.1) is 10.5 Å². The summed E-state index contributed by atoms with van der Waals surface area (Å²) in [5, 5.41) is 19.3. The fourth-order valence-electron chi connectivity index (χ4n) is 1.44. The van der Waals surface area contributed by atoms with Gasteiger partial charge in [-0.25, -0.2) is 0 Å². The number of nitro groups is 1. The lowest BCUT2D eigenvalue weighted by Gasteiger charge is -2.11. The van der Waals surface area contributed by atoms with Gasteiger partial charge in [0, 0.05) is 18.6 Å². The van der Waals surface area contributed by atoms with Crippen LogP contribution in [-0.4, -0.2) is 16.6 Å². The lowest BCUT2D eigenvalue weighted by Crippen LogP contribution is -2.12. The lowest BCUT2D eigenvalue weighted by molar-refractivity contribution is -0.384. The molecular weight excluding hydrogens is 241 g/mol. The van der Waals surface area contributed by atoms with E-state index in [-0.39, 0.29) is 12.0 Å². The van der Waals surface area contributed by atoms with E-state index in [9.17, 15) is 23.3 Å². The van der Waals surface area contributed by atoms with Crippen molar-refractivity contribution in [3.05, 3.63) is 33.4 Å². The van der Waals surface area contributed by atoms with E-state index in [1.807, 2.05) is 0 Å². The molecule has 0 saturated heterocycles. The summed E-state index contributed by atoms with van der Waals surface area (Å²) in [6, 6.07) is 1.63. The Hall–Kier alpha value is -1.83. The molecule has 1 aromatic rings. The maximum absolute atomic E-state index is 12.5. The second kappa shape index (κ2) is 4.58. The quantitative estimate of drug-likeness (QED) is 0.485. The molecule has 0 spiro atoms. The lowest BCUT2D eigenvalue weighted by atomic mass is 10.0. The van der Waals surface area contributed by atoms with Gasteiger partial charge in [0.2, 0.25) is 0 Å². The average Bonchev–Trinajstić information content (AvgIpc) is 2.15. The van der Waals surface area contributed by atoms with E-state index in [1.165, 1.54) is 0 Å². The summed E-state index contributed by atoms with van der Waals surface area (Å²) in [5.41, 5.74) is 2.17. The van der Waals surface area contributed by atoms with E-state index in [0.29, 0.717) is 6.07 Å². The van der Waals surface area contributed by atoms with E-state index in [2.05, 4.69) is 0 Å². The van der Waals surface area contributed by atoms with Crippen LogP contribution < -0.4 is 5.73 Å². The second-order valence-electron chi connectivity index (χ2n) is 3.26. The van der Waals surface area contributed by atoms with Crippen LogP contribution in [-0.2, 0) is 12.6 Å². The van der Waals surface area contributed by atoms with Crippen molar-refractivity contribution in [1.82, 2.24) is 0 Å². The van der Waals surface area contributed by atoms with Gasteiger partial charge in [0.1, 0.15) is 5.69 Å². The number of alkyl halides is 3. The zero-order valence-corrected chi connectivity index (χ0v) is 8.49. The van der Waals surface area contributed by atoms with Crippen molar-refractivity contribution >= 4 is 11.4 Å². The van der Waals surface area contributed by atoms with Crippen LogP contribution in [0.3, 0.4) is 0 Å². The van der Waals surface area contributed by atoms with Crippen LogP contribution in [0.25, 0.3) is 0 Å². The number of nitrogens with two attached hydrogens (primary N) is 1. The largest absolute Gasteiger partial charge is 0.418 e. The molecule has 3 N–H and O–H groups in total. The van der Waals surface area contributed by atoms with Gasteiger partial charge in [-0.1, -0.05) is 6.07 Å². The van der Waals surface area contributed by atoms with Gasteiger partial charge in [-0.3, -0.25) is 10.1 Å². The van der Waals surface area contributed by atoms with E-state index >= 15 is 0 Å². The number of aliphatic hydroxyl groups is 1. The minimum absolute atomic E-state index is 0.0250. The molecule has 17 heavy (non-hydrogen) atoms. The number of nitrogen functional groups attached to an aromatic ring is 1. The zero-order valence-electron chi connectivity index (χ0n) is 8.49. The minimum Gasteiger partial charge on any atom is -0.396 e. The zero-order chi connectivity index (χ0) is 13.2. The van der Waals surface area contributed by atoms with E-state index in [0.717, 1.165) is 6.07 Å². The molecule has 1 aromatic carbocycles. The van der Waals surface area contributed by atoms with E-state index in [4.69, 9.17) is 10.8 Å². The predicted octanol–water partition coefficient (Wildman–Crippen LogP) is 1.73. The first-order valence-corrected chi connectivity index (χ1v) is 4.52. The third-order valence-corrected chi connectivity index (χ3v) is 2.17. The fraction of sp³-hybridized carbons (Fsp3) is 0.333. The monoisotopic (exact) mass is 250 g/mol. The molecule has 0 saturated carbocycles. The summed E-state index contributed by atoms with van der Waals surface area (Å²) in [6.45, 7) is -0.411. The number of aliphatic hydroxyl groups excluding tert-OH is 1. The molecule has 94 valence electrons. The number of anilines is 1. The molecule has 0 aliphatic carbocycles. The third kappa shape index (κ3) is 2.64. The molecule has 0 aliphatic rings. The molecule has 0 atom stereocenters. The first-order valence-electron chi connectivity index (χ1n) is 4.52. The fourth-order valence-corrected chi connectivity index (χ4v) is 1.44. The number of hydrogen-bond acceptors (Lipinski definition) is 4. The van der Waals surface area contributed by atoms with Gasteiger partial charge >= 0.3 is 6.18 Å². The van der Waals surface area contributed by atoms with E-state index < -0.39 is 34.6 Å². The maximum Gasteiger partial charge on any atom is 0.418 e. The summed E-state index contributed by atoms with van der Waals surface area (Å²) >= 11 is 0. The van der Waals surface area contributed by atoms with Crippen LogP contribution in [0.1, 0.15) is 11.1 Å². The van der Waals surface area contributed by atoms with Crippen molar-refractivity contribution in [3.8, 4) is 0 Å². The third-order valence-electron chi connectivity index (χ3n) is 2.17. The molecular formula is C9H9F3N2O3. The average molecular weight is 250 g/mol. The number of halogens is 3. The Morgan fingerprint density at radius 2 is 2.00 bits per heavy atom. The number of hydrogen-bond donors (Lipinski definition) is 2. The predicted molar refractivity (Wildman–Crippen MR) is 53.3 cm³/mol. The van der Waals surface area contributed by atoms with Crippen molar-refractivity contribution in [3.63, 3.8) is 0 Å². The number of rotatable bonds is 3. The summed E-state index contributed by atoms with van der Waals surface area (Å²) < 4.78 is 37.4. The molecule has 0 bridgehead atoms. The van der Waals surface area contributed by atoms with Crippen molar-refractivity contribution in [2.24, 2.45) is 0 Å². The molecule has 0 fully saturated rings. The summed E-state index contributed by atoms with van der Waals surface area (Å²) in [4.78, 5) is 9.70. The SMILES string of the molecule is Nc1c(C(F)(F)F)ccc(CCO)c1[N+](=O)[O-]. The normalized spacial score (nSPS) is 11.5. The Bertz CT molecular complexity index is 446. The van der Waals surface area contributed by atoms with Gasteiger partial charge in [0.25, 0.3) is 5.69 Å². The molecule has 0 amide bonds. The Labute approximate surface area is 93.8 Å². The Morgan fingerprint density at radius 1 is 1.41 bits per heavy atom. The summed E-state index contributed by atoms with van der Waals surface area (Å²) in [5.74, 6) is 0. The Balaban J connectivity index is 3.44. The van der Waals surface area contributed by atoms with Crippen LogP contribution in [0, 0.1) is 10.1 Å². The van der Waals surface area contributed by atoms with Crippen LogP contribution in [0.2, 0.25) is 0 Å². The molecule has 0 unspecified atom stereocenters. The van der Waals surface area contributed by atoms with Gasteiger partial charge in [-0.15, -0.1) is 0 Å². The molecule has 1 rings (SSSR count). The smallest absolute Gasteiger partial charge is 0.396 e. The first-order chi connectivity index (χ1) is 7.79. The van der Waals surface area contributed by atoms with Gasteiger partial charge in [-0.2, -0.15) is 13.2 Å². The van der Waals surface area contributed by atoms with Crippen molar-refractivity contribution in [1.29, 1.82) is 0 Å². The highest BCUT2D eigenvalue weighted by Crippen LogP contribution is 2.39. The second-order valence-corrected chi connectivity index (χ2v) is 3.26. The molecule has 5 nitrogen and oxygen atoms in total. The number of benzene rings is 1. The summed E-state index contributed by atoms with van der Waals surface area (Å²) in [6.07, 6.45) is -4.87. The van der Waals surface area contributed by atoms with Gasteiger partial charge < -0.3 is 10.8 Å². The van der Waals surface area contributed by atoms with Crippen molar-refractivity contribution in [2.75, 3.05) is 12.3 Å². The van der Waals surface area contributed by atoms with Crippen molar-refractivity contribution in [2.45, 2.75) is 12.6 Å². The van der Waals surface area contributed by atoms with Crippen LogP contribution in [0.5, 0.6) is 0 Å². The number of nitro benzene ring substituents is 1. The summed E-state index contributed by atoms with van der Waals surface area (Å²) in [7, 11) is 0. The van der Waals surface area contributed by atoms with Crippen LogP contribution >= 0.6 is 0 Å². The van der Waals surface area contributed by atoms with Gasteiger partial charge in [-0.05, 0) is 6.07 Å². The highest BCUT2D eigenvalue weighted by molar-refractivity contribution is 5.67. The highest BCUT2D eigenvalue weighted by atomic mass is 19.4. The van der Waals surface area contributed by atoms with Crippen molar-refractivity contribution < 1.29 is 23.2 Å². The topological polar surface area (TPSA) is 89.4 Å². The minimum atomic E-state index is -4.74. The molecule has 0 aromatic heterocycles. The Kier molecular flexibility index (Phi) is 3.56.